The van der Waals surface area contributed by atoms with Gasteiger partial charge in [0.25, 0.3) is 33.5 Å². The van der Waals surface area contributed by atoms with Crippen LogP contribution in [0.25, 0.3) is 5.57 Å². The third-order valence-corrected chi connectivity index (χ3v) is 18.2. The first-order valence-electron chi connectivity index (χ1n) is 24.5. The molecular formula is C51H65F3N4O14SSi2. The molecule has 0 bridgehead atoms. The molecule has 4 heterocycles. The normalized spacial score (nSPS) is 18.4. The van der Waals surface area contributed by atoms with Gasteiger partial charge in [-0.05, 0) is 53.9 Å². The van der Waals surface area contributed by atoms with Crippen LogP contribution in [0.3, 0.4) is 0 Å². The molecule has 3 aromatic carbocycles. The van der Waals surface area contributed by atoms with Crippen LogP contribution in [-0.2, 0) is 33.8 Å². The molecule has 0 radical (unpaired) electrons. The minimum atomic E-state index is -5.86. The van der Waals surface area contributed by atoms with Crippen molar-refractivity contribution < 1.29 is 79.0 Å². The zero-order valence-electron chi connectivity index (χ0n) is 43.8. The summed E-state index contributed by atoms with van der Waals surface area (Å²) in [5.41, 5.74) is -3.74. The van der Waals surface area contributed by atoms with Crippen LogP contribution in [0, 0.1) is 0 Å². The van der Waals surface area contributed by atoms with Crippen LogP contribution in [0.15, 0.2) is 65.8 Å². The number of sulfone groups is 1. The van der Waals surface area contributed by atoms with Crippen molar-refractivity contribution in [3.05, 3.63) is 82.5 Å². The lowest BCUT2D eigenvalue weighted by atomic mass is 10.0. The number of rotatable bonds is 23. The number of benzene rings is 3. The summed E-state index contributed by atoms with van der Waals surface area (Å²) < 4.78 is 101. The van der Waals surface area contributed by atoms with E-state index in [2.05, 4.69) is 39.3 Å². The zero-order chi connectivity index (χ0) is 54.8. The molecule has 1 unspecified atom stereocenters. The van der Waals surface area contributed by atoms with E-state index in [4.69, 9.17) is 38.2 Å². The number of hydrogen-bond donors (Lipinski definition) is 0. The summed E-state index contributed by atoms with van der Waals surface area (Å²) >= 11 is 0. The Morgan fingerprint density at radius 1 is 0.667 bits per heavy atom. The van der Waals surface area contributed by atoms with Gasteiger partial charge in [-0.25, -0.2) is 8.42 Å². The molecule has 4 aliphatic heterocycles. The van der Waals surface area contributed by atoms with E-state index in [0.717, 1.165) is 22.1 Å². The van der Waals surface area contributed by atoms with Gasteiger partial charge >= 0.3 is 5.51 Å². The van der Waals surface area contributed by atoms with Crippen molar-refractivity contribution in [2.24, 2.45) is 0 Å². The maximum atomic E-state index is 14.6. The average Bonchev–Trinajstić information content (AvgIpc) is 3.99. The van der Waals surface area contributed by atoms with Gasteiger partial charge in [-0.2, -0.15) is 18.1 Å². The number of fused-ring (bicyclic) bond motifs is 4. The summed E-state index contributed by atoms with van der Waals surface area (Å²) in [5, 5.41) is 0. The molecule has 408 valence electrons. The highest BCUT2D eigenvalue weighted by molar-refractivity contribution is 7.96. The van der Waals surface area contributed by atoms with Crippen molar-refractivity contribution in [1.29, 1.82) is 0 Å². The van der Waals surface area contributed by atoms with E-state index < -0.39 is 85.5 Å². The highest BCUT2D eigenvalue weighted by atomic mass is 32.2. The molecule has 18 nitrogen and oxygen atoms in total. The van der Waals surface area contributed by atoms with Crippen LogP contribution in [0.1, 0.15) is 58.9 Å². The number of anilines is 2. The Kier molecular flexibility index (Phi) is 17.2. The van der Waals surface area contributed by atoms with Crippen molar-refractivity contribution in [1.82, 2.24) is 9.80 Å². The van der Waals surface area contributed by atoms with Crippen LogP contribution in [0.5, 0.6) is 28.7 Å². The third-order valence-electron chi connectivity index (χ3n) is 13.2. The first-order chi connectivity index (χ1) is 35.3. The molecule has 75 heavy (non-hydrogen) atoms. The Balaban J connectivity index is 1.12. The van der Waals surface area contributed by atoms with E-state index in [0.29, 0.717) is 35.9 Å². The van der Waals surface area contributed by atoms with E-state index in [1.165, 1.54) is 48.3 Å². The second kappa shape index (κ2) is 22.7. The number of halogens is 3. The van der Waals surface area contributed by atoms with Crippen molar-refractivity contribution in [2.75, 3.05) is 64.4 Å². The maximum Gasteiger partial charge on any atom is 0.501 e. The lowest BCUT2D eigenvalue weighted by molar-refractivity contribution is -0.211. The number of methoxy groups -OCH3 is 3. The van der Waals surface area contributed by atoms with Gasteiger partial charge in [-0.15, -0.1) is 0 Å². The molecule has 0 aliphatic carbocycles. The molecule has 0 N–H and O–H groups in total. The van der Waals surface area contributed by atoms with Crippen molar-refractivity contribution in [2.45, 2.75) is 108 Å². The van der Waals surface area contributed by atoms with Gasteiger partial charge in [0.15, 0.2) is 17.2 Å². The molecule has 24 heteroatoms. The van der Waals surface area contributed by atoms with Crippen LogP contribution in [0.2, 0.25) is 51.4 Å². The van der Waals surface area contributed by atoms with Crippen molar-refractivity contribution in [3.8, 4) is 28.7 Å². The van der Waals surface area contributed by atoms with Crippen molar-refractivity contribution >= 4 is 66.6 Å². The highest BCUT2D eigenvalue weighted by Gasteiger charge is 2.53. The topological polar surface area (TPSA) is 189 Å². The fourth-order valence-corrected chi connectivity index (χ4v) is 11.2. The second-order valence-corrected chi connectivity index (χ2v) is 34.1. The summed E-state index contributed by atoms with van der Waals surface area (Å²) in [4.78, 5) is 72.7. The standard InChI is InChI=1S/C51H65F3N4O14SSi2/c1-11-34(71-45-26-39-37(24-43(45)66-3)48(60)56-29-36(73(63,64)51(52,53)54)23-42(56)50(62)57(39)30-68-18-20-74(5,6)7)16-17-70-72-46-27-40-38(25-44(46)67-4)47(59)55-28-33(32-12-14-35(65-2)15-13-32)22-41(55)49(61)58(40)31-69-19-21-75(8,9)10/h12-15,24-29,34,41-42H,11,16-23,30-31H2,1-10H3/t34-,41?,42-/m0/s1. The number of nitrogens with zero attached hydrogens (tertiary/aromatic N) is 4. The fourth-order valence-electron chi connectivity index (χ4n) is 8.73. The van der Waals surface area contributed by atoms with Gasteiger partial charge in [0.05, 0.1) is 55.3 Å². The summed E-state index contributed by atoms with van der Waals surface area (Å²) in [5.74, 6) is -1.53. The Morgan fingerprint density at radius 3 is 1.67 bits per heavy atom. The van der Waals surface area contributed by atoms with Crippen molar-refractivity contribution in [3.63, 3.8) is 0 Å². The number of carbonyl (C=O) groups excluding carboxylic acids is 4. The molecule has 7 rings (SSSR count). The molecule has 3 aromatic rings. The van der Waals surface area contributed by atoms with Crippen LogP contribution >= 0.6 is 0 Å². The average molecular weight is 1100 g/mol. The van der Waals surface area contributed by atoms with E-state index in [9.17, 15) is 40.8 Å². The van der Waals surface area contributed by atoms with E-state index in [1.54, 1.807) is 13.3 Å². The molecule has 0 fully saturated rings. The first-order valence-corrected chi connectivity index (χ1v) is 33.4. The number of alkyl halides is 3. The van der Waals surface area contributed by atoms with E-state index in [-0.39, 0.29) is 84.2 Å². The maximum absolute atomic E-state index is 14.6. The molecule has 0 aromatic heterocycles. The Bertz CT molecular complexity index is 2840. The number of hydrogen-bond acceptors (Lipinski definition) is 14. The van der Waals surface area contributed by atoms with Gasteiger partial charge < -0.3 is 43.1 Å². The first kappa shape index (κ1) is 56.8. The van der Waals surface area contributed by atoms with Gasteiger partial charge in [0.1, 0.15) is 37.4 Å². The molecule has 3 atom stereocenters. The SMILES string of the molecule is CC[C@@H](CCOOc1cc2c(cc1OC)C(=O)N1C=C(c3ccc(OC)cc3)CC1C(=O)N2COCC[Si](C)(C)C)Oc1cc2c(cc1OC)C(=O)N1C=C(S(=O)(=O)C(F)(F)F)C[C@H]1C(=O)N2COCC[Si](C)(C)C. The largest absolute Gasteiger partial charge is 0.501 e. The molecule has 0 saturated heterocycles. The summed E-state index contributed by atoms with van der Waals surface area (Å²) in [7, 11) is -4.68. The highest BCUT2D eigenvalue weighted by Crippen LogP contribution is 2.45. The van der Waals surface area contributed by atoms with E-state index >= 15 is 0 Å². The predicted octanol–water partition coefficient (Wildman–Crippen LogP) is 8.83. The predicted molar refractivity (Wildman–Crippen MR) is 278 cm³/mol. The summed E-state index contributed by atoms with van der Waals surface area (Å²) in [6, 6.07) is 12.2. The molecule has 4 aliphatic rings. The number of carbonyl (C=O) groups is 4. The quantitative estimate of drug-likeness (QED) is 0.0379. The lowest BCUT2D eigenvalue weighted by Crippen LogP contribution is -2.45. The number of amides is 4. The minimum absolute atomic E-state index is 0.0168. The number of ether oxygens (including phenoxy) is 6. The molecule has 0 spiro atoms. The molecular weight excluding hydrogens is 1040 g/mol. The summed E-state index contributed by atoms with van der Waals surface area (Å²) in [6.45, 7) is 15.0. The van der Waals surface area contributed by atoms with Gasteiger partial charge in [-0.1, -0.05) is 58.3 Å². The van der Waals surface area contributed by atoms with E-state index in [1.807, 2.05) is 31.2 Å². The molecule has 0 saturated carbocycles. The summed E-state index contributed by atoms with van der Waals surface area (Å²) in [6.07, 6.45) is 1.66. The second-order valence-electron chi connectivity index (χ2n) is 20.9. The third kappa shape index (κ3) is 12.5. The van der Waals surface area contributed by atoms with Gasteiger partial charge in [-0.3, -0.25) is 29.0 Å². The fraction of sp³-hybridized carbons (Fsp3) is 0.490. The monoisotopic (exact) mass is 1100 g/mol. The molecule has 4 amide bonds. The van der Waals surface area contributed by atoms with Gasteiger partial charge in [0.2, 0.25) is 5.75 Å². The van der Waals surface area contributed by atoms with Crippen LogP contribution in [-0.4, -0.2) is 136 Å². The van der Waals surface area contributed by atoms with Crippen LogP contribution in [0.4, 0.5) is 24.5 Å². The Labute approximate surface area is 437 Å². The van der Waals surface area contributed by atoms with Gasteiger partial charge in [0, 0.05) is 73.2 Å². The zero-order valence-corrected chi connectivity index (χ0v) is 46.6. The Morgan fingerprint density at radius 2 is 1.17 bits per heavy atom. The minimum Gasteiger partial charge on any atom is -0.497 e. The smallest absolute Gasteiger partial charge is 0.497 e. The lowest BCUT2D eigenvalue weighted by Gasteiger charge is -2.27. The van der Waals surface area contributed by atoms with Crippen LogP contribution < -0.4 is 33.6 Å². The Hall–Kier alpha value is -5.93.